The molecule has 54 heavy (non-hydrogen) atoms. The van der Waals surface area contributed by atoms with Crippen LogP contribution < -0.4 is 10.2 Å². The Kier molecular flexibility index (Phi) is 9.91. The van der Waals surface area contributed by atoms with Crippen molar-refractivity contribution in [1.82, 2.24) is 34.8 Å². The van der Waals surface area contributed by atoms with Crippen LogP contribution in [-0.2, 0) is 9.53 Å². The Hall–Kier alpha value is -5.56. The van der Waals surface area contributed by atoms with E-state index < -0.39 is 84.1 Å². The van der Waals surface area contributed by atoms with Gasteiger partial charge in [0.15, 0.2) is 5.82 Å². The molecule has 2 aromatic carbocycles. The third kappa shape index (κ3) is 7.45. The molecule has 6 rings (SSSR count). The van der Waals surface area contributed by atoms with E-state index in [-0.39, 0.29) is 29.5 Å². The number of hydrogen-bond donors (Lipinski definition) is 2. The molecule has 4 aromatic rings. The minimum Gasteiger partial charge on any atom is -0.447 e. The zero-order valence-electron chi connectivity index (χ0n) is 28.8. The van der Waals surface area contributed by atoms with Crippen LogP contribution in [0.4, 0.5) is 45.6 Å². The fraction of sp³-hybridized carbons (Fsp3) is 0.412. The normalized spacial score (nSPS) is 17.8. The number of nitrogens with zero attached hydrogens (tertiary/aromatic N) is 7. The average molecular weight is 768 g/mol. The lowest BCUT2D eigenvalue weighted by Crippen LogP contribution is -2.48. The first-order chi connectivity index (χ1) is 25.3. The number of carbonyl (C=O) groups excluding carboxylic acids is 2. The van der Waals surface area contributed by atoms with E-state index in [2.05, 4.69) is 15.2 Å². The molecule has 1 aliphatic carbocycles. The van der Waals surface area contributed by atoms with E-state index in [1.165, 1.54) is 11.1 Å². The lowest BCUT2D eigenvalue weighted by Gasteiger charge is -2.30. The second kappa shape index (κ2) is 14.0. The minimum absolute atomic E-state index is 0.0409. The second-order valence-corrected chi connectivity index (χ2v) is 14.1. The van der Waals surface area contributed by atoms with Gasteiger partial charge in [0.1, 0.15) is 30.3 Å². The summed E-state index contributed by atoms with van der Waals surface area (Å²) >= 11 is 0. The summed E-state index contributed by atoms with van der Waals surface area (Å²) in [7, 11) is 0. The largest absolute Gasteiger partial charge is 0.447 e. The highest BCUT2D eigenvalue weighted by atomic mass is 19.4. The van der Waals surface area contributed by atoms with E-state index in [1.54, 1.807) is 24.3 Å². The van der Waals surface area contributed by atoms with Crippen LogP contribution in [0.5, 0.6) is 0 Å². The number of halogens is 8. The van der Waals surface area contributed by atoms with Crippen LogP contribution in [0.15, 0.2) is 61.2 Å². The molecule has 0 radical (unpaired) electrons. The SMILES string of the molecule is CC(C)(C)C[C@H]1C(=O)N([C@H](COC(=O)NC2(C(F)(F)F)CC2)c2ccc(F)c(-c3ncnn3C(F)F)c2)C(=N)N1c1ccc(-c2cnn(C(F)F)c2)cc1. The van der Waals surface area contributed by atoms with Gasteiger partial charge < -0.3 is 10.1 Å². The van der Waals surface area contributed by atoms with Crippen molar-refractivity contribution in [2.75, 3.05) is 11.5 Å². The predicted octanol–water partition coefficient (Wildman–Crippen LogP) is 7.69. The highest BCUT2D eigenvalue weighted by Crippen LogP contribution is 2.49. The van der Waals surface area contributed by atoms with Crippen molar-refractivity contribution >= 4 is 23.6 Å². The molecule has 1 aliphatic heterocycles. The van der Waals surface area contributed by atoms with E-state index in [9.17, 15) is 45.7 Å². The van der Waals surface area contributed by atoms with E-state index in [0.29, 0.717) is 21.5 Å². The van der Waals surface area contributed by atoms with Crippen molar-refractivity contribution in [3.63, 3.8) is 0 Å². The number of ether oxygens (including phenoxy) is 1. The quantitative estimate of drug-likeness (QED) is 0.150. The Morgan fingerprint density at radius 1 is 1.02 bits per heavy atom. The Bertz CT molecular complexity index is 2040. The molecule has 3 heterocycles. The summed E-state index contributed by atoms with van der Waals surface area (Å²) in [6, 6.07) is 6.77. The molecule has 0 spiro atoms. The first-order valence-electron chi connectivity index (χ1n) is 16.4. The number of nitrogens with one attached hydrogen (secondary N) is 2. The van der Waals surface area contributed by atoms with Crippen LogP contribution in [0.1, 0.15) is 64.7 Å². The summed E-state index contributed by atoms with van der Waals surface area (Å²) in [6.07, 6.45) is -3.69. The van der Waals surface area contributed by atoms with Crippen LogP contribution in [0.25, 0.3) is 22.5 Å². The number of aromatic nitrogens is 5. The lowest BCUT2D eigenvalue weighted by molar-refractivity contribution is -0.164. The molecule has 0 unspecified atom stereocenters. The maximum absolute atomic E-state index is 15.2. The molecule has 2 amide bonds. The summed E-state index contributed by atoms with van der Waals surface area (Å²) < 4.78 is 116. The van der Waals surface area contributed by atoms with Crippen molar-refractivity contribution in [2.24, 2.45) is 5.41 Å². The lowest BCUT2D eigenvalue weighted by atomic mass is 9.87. The smallest absolute Gasteiger partial charge is 0.411 e. The molecule has 1 saturated heterocycles. The van der Waals surface area contributed by atoms with Crippen LogP contribution in [0.3, 0.4) is 0 Å². The summed E-state index contributed by atoms with van der Waals surface area (Å²) in [5.74, 6) is -2.75. The van der Waals surface area contributed by atoms with Crippen LogP contribution in [0, 0.1) is 16.6 Å². The molecule has 288 valence electrons. The molecule has 0 bridgehead atoms. The molecule has 2 N–H and O–H groups in total. The number of anilines is 1. The number of amides is 2. The van der Waals surface area contributed by atoms with Gasteiger partial charge in [0.25, 0.3) is 5.91 Å². The van der Waals surface area contributed by atoms with Gasteiger partial charge in [-0.3, -0.25) is 20.0 Å². The van der Waals surface area contributed by atoms with Crippen molar-refractivity contribution in [1.29, 1.82) is 5.41 Å². The monoisotopic (exact) mass is 767 g/mol. The van der Waals surface area contributed by atoms with E-state index in [1.807, 2.05) is 26.1 Å². The first-order valence-corrected chi connectivity index (χ1v) is 16.4. The van der Waals surface area contributed by atoms with Gasteiger partial charge >= 0.3 is 25.4 Å². The second-order valence-electron chi connectivity index (χ2n) is 14.1. The molecule has 12 nitrogen and oxygen atoms in total. The van der Waals surface area contributed by atoms with Crippen LogP contribution in [0.2, 0.25) is 0 Å². The Balaban J connectivity index is 1.39. The zero-order valence-corrected chi connectivity index (χ0v) is 28.8. The van der Waals surface area contributed by atoms with Gasteiger partial charge in [-0.1, -0.05) is 39.0 Å². The number of rotatable bonds is 11. The third-order valence-electron chi connectivity index (χ3n) is 9.07. The topological polar surface area (TPSA) is 134 Å². The molecular weight excluding hydrogens is 734 g/mol. The number of alkyl halides is 7. The number of carbonyl (C=O) groups is 2. The summed E-state index contributed by atoms with van der Waals surface area (Å²) in [5, 5.41) is 18.2. The molecule has 2 aliphatic rings. The van der Waals surface area contributed by atoms with Gasteiger partial charge in [-0.2, -0.15) is 45.6 Å². The Labute approximate surface area is 302 Å². The molecule has 2 atom stereocenters. The number of hydrogen-bond acceptors (Lipinski definition) is 7. The van der Waals surface area contributed by atoms with Crippen molar-refractivity contribution in [3.05, 3.63) is 72.6 Å². The maximum atomic E-state index is 15.2. The standard InChI is InChI=1S/C34H33F8N9O3/c1-32(2,3)13-24-27(52)50(30(43)49(24)21-7-4-18(5-8-21)20-14-45-48(15-20)28(36)37)25(16-54-31(53)47-33(10-11-33)34(40,41)42)19-6-9-23(35)22(12-19)26-44-17-46-51(26)29(38)39/h4-9,12,14-15,17,24-25,28-29,43H,10-11,13,16H2,1-3H3,(H,47,53)/t24-,25+/m0/s1. The van der Waals surface area contributed by atoms with Gasteiger partial charge in [0, 0.05) is 17.4 Å². The highest BCUT2D eigenvalue weighted by molar-refractivity contribution is 6.15. The first kappa shape index (κ1) is 38.2. The molecule has 2 fully saturated rings. The van der Waals surface area contributed by atoms with Crippen molar-refractivity contribution in [3.8, 4) is 22.5 Å². The maximum Gasteiger partial charge on any atom is 0.411 e. The fourth-order valence-electron chi connectivity index (χ4n) is 6.23. The minimum atomic E-state index is -4.77. The molecule has 1 saturated carbocycles. The molecule has 2 aromatic heterocycles. The van der Waals surface area contributed by atoms with Crippen LogP contribution >= 0.6 is 0 Å². The predicted molar refractivity (Wildman–Crippen MR) is 176 cm³/mol. The van der Waals surface area contributed by atoms with E-state index in [4.69, 9.17) is 4.74 Å². The summed E-state index contributed by atoms with van der Waals surface area (Å²) in [6.45, 7) is -1.38. The third-order valence-corrected chi connectivity index (χ3v) is 9.07. The fourth-order valence-corrected chi connectivity index (χ4v) is 6.23. The Morgan fingerprint density at radius 3 is 2.28 bits per heavy atom. The summed E-state index contributed by atoms with van der Waals surface area (Å²) in [4.78, 5) is 33.3. The van der Waals surface area contributed by atoms with Crippen molar-refractivity contribution < 1.29 is 49.4 Å². The average Bonchev–Trinajstić information content (AvgIpc) is 3.40. The van der Waals surface area contributed by atoms with Gasteiger partial charge in [0.2, 0.25) is 5.96 Å². The van der Waals surface area contributed by atoms with Crippen molar-refractivity contribution in [2.45, 2.75) is 76.9 Å². The van der Waals surface area contributed by atoms with Gasteiger partial charge in [0.05, 0.1) is 17.8 Å². The number of alkyl carbamates (subject to hydrolysis) is 1. The van der Waals surface area contributed by atoms with Crippen LogP contribution in [-0.4, -0.2) is 71.8 Å². The molecular formula is C34H33F8N9O3. The van der Waals surface area contributed by atoms with Gasteiger partial charge in [-0.25, -0.2) is 18.9 Å². The number of benzene rings is 2. The zero-order chi connectivity index (χ0) is 39.3. The summed E-state index contributed by atoms with van der Waals surface area (Å²) in [5.41, 5.74) is -2.36. The molecule has 20 heteroatoms. The van der Waals surface area contributed by atoms with E-state index in [0.717, 1.165) is 35.6 Å². The van der Waals surface area contributed by atoms with Gasteiger partial charge in [-0.15, -0.1) is 0 Å². The number of guanidine groups is 1. The van der Waals surface area contributed by atoms with E-state index >= 15 is 4.39 Å². The highest BCUT2D eigenvalue weighted by Gasteiger charge is 2.64. The Morgan fingerprint density at radius 2 is 1.70 bits per heavy atom. The van der Waals surface area contributed by atoms with Gasteiger partial charge in [-0.05, 0) is 60.1 Å².